The van der Waals surface area contributed by atoms with E-state index >= 15 is 0 Å². The average Bonchev–Trinajstić information content (AvgIpc) is 1.79. The van der Waals surface area contributed by atoms with Crippen molar-refractivity contribution in [3.05, 3.63) is 0 Å². The van der Waals surface area contributed by atoms with Crippen LogP contribution in [0.3, 0.4) is 0 Å². The van der Waals surface area contributed by atoms with Gasteiger partial charge in [0.15, 0.2) is 0 Å². The van der Waals surface area contributed by atoms with Crippen molar-refractivity contribution in [2.24, 2.45) is 0 Å². The molecule has 6 nitrogen and oxygen atoms in total. The highest BCUT2D eigenvalue weighted by atomic mass is 16.6. The summed E-state index contributed by atoms with van der Waals surface area (Å²) in [7, 11) is 0. The Morgan fingerprint density at radius 1 is 0.571 bits per heavy atom. The number of hydrogen-bond acceptors (Lipinski definition) is 6. The Labute approximate surface area is 81.2 Å². The van der Waals surface area contributed by atoms with Crippen LogP contribution < -0.4 is 0 Å². The molecule has 0 bridgehead atoms. The van der Waals surface area contributed by atoms with Gasteiger partial charge in [0.2, 0.25) is 0 Å². The van der Waals surface area contributed by atoms with Crippen LogP contribution in [-0.4, -0.2) is 23.9 Å². The third-order valence-corrected chi connectivity index (χ3v) is 0.575. The van der Waals surface area contributed by atoms with Crippen LogP contribution in [0.2, 0.25) is 0 Å². The summed E-state index contributed by atoms with van der Waals surface area (Å²) in [6.45, 7) is 4.73. The van der Waals surface area contributed by atoms with Gasteiger partial charge in [0.05, 0.1) is 0 Å². The quantitative estimate of drug-likeness (QED) is 0.413. The Balaban J connectivity index is 0. The van der Waals surface area contributed by atoms with Crippen LogP contribution in [0.4, 0.5) is 0 Å². The molecule has 0 N–H and O–H groups in total. The van der Waals surface area contributed by atoms with Crippen molar-refractivity contribution in [3.8, 4) is 0 Å². The van der Waals surface area contributed by atoms with Crippen LogP contribution in [-0.2, 0) is 28.7 Å². The largest absolute Gasteiger partial charge is 0.394 e. The summed E-state index contributed by atoms with van der Waals surface area (Å²) in [6.07, 6.45) is 0. The Morgan fingerprint density at radius 3 is 0.714 bits per heavy atom. The van der Waals surface area contributed by atoms with Gasteiger partial charge in [-0.25, -0.2) is 0 Å². The highest BCUT2D eigenvalue weighted by Gasteiger charge is 1.94. The monoisotopic (exact) mass is 204 g/mol. The zero-order valence-corrected chi connectivity index (χ0v) is 8.45. The minimum atomic E-state index is -0.562. The molecule has 0 amide bonds. The van der Waals surface area contributed by atoms with Crippen LogP contribution in [0.25, 0.3) is 0 Å². The van der Waals surface area contributed by atoms with Gasteiger partial charge in [-0.1, -0.05) is 0 Å². The van der Waals surface area contributed by atoms with Gasteiger partial charge in [0.1, 0.15) is 0 Å². The fraction of sp³-hybridized carbons (Fsp3) is 0.500. The van der Waals surface area contributed by atoms with Gasteiger partial charge < -0.3 is 9.47 Å². The third kappa shape index (κ3) is 22.4. The number of rotatable bonds is 0. The van der Waals surface area contributed by atoms with Gasteiger partial charge in [0, 0.05) is 27.7 Å². The van der Waals surface area contributed by atoms with Crippen molar-refractivity contribution in [2.75, 3.05) is 0 Å². The summed E-state index contributed by atoms with van der Waals surface area (Å²) in [4.78, 5) is 39.2. The van der Waals surface area contributed by atoms with Crippen LogP contribution in [0.15, 0.2) is 0 Å². The standard InChI is InChI=1S/2C4H6O3/c2*1-3(5)7-4(2)6/h2*1-2H3. The molecule has 0 saturated carbocycles. The van der Waals surface area contributed by atoms with E-state index in [1.165, 1.54) is 27.7 Å². The van der Waals surface area contributed by atoms with Crippen molar-refractivity contribution >= 4 is 23.9 Å². The predicted octanol–water partition coefficient (Wildman–Crippen LogP) is 0.192. The normalized spacial score (nSPS) is 7.71. The van der Waals surface area contributed by atoms with Gasteiger partial charge in [-0.15, -0.1) is 0 Å². The lowest BCUT2D eigenvalue weighted by molar-refractivity contribution is -0.158. The van der Waals surface area contributed by atoms with Gasteiger partial charge in [-0.2, -0.15) is 0 Å². The van der Waals surface area contributed by atoms with E-state index in [1.54, 1.807) is 0 Å². The smallest absolute Gasteiger partial charge is 0.310 e. The highest BCUT2D eigenvalue weighted by Crippen LogP contribution is 1.74. The molecule has 80 valence electrons. The van der Waals surface area contributed by atoms with Crippen LogP contribution in [0, 0.1) is 0 Å². The van der Waals surface area contributed by atoms with Crippen LogP contribution in [0.5, 0.6) is 0 Å². The maximum Gasteiger partial charge on any atom is 0.310 e. The fourth-order valence-corrected chi connectivity index (χ4v) is 0.405. The lowest BCUT2D eigenvalue weighted by atomic mass is 10.7. The van der Waals surface area contributed by atoms with Gasteiger partial charge in [0.25, 0.3) is 0 Å². The molecule has 0 aromatic rings. The van der Waals surface area contributed by atoms with E-state index in [9.17, 15) is 19.2 Å². The molecule has 0 atom stereocenters. The zero-order valence-electron chi connectivity index (χ0n) is 8.45. The molecule has 0 rings (SSSR count). The van der Waals surface area contributed by atoms with Crippen LogP contribution >= 0.6 is 0 Å². The Kier molecular flexibility index (Phi) is 8.35. The minimum absolute atomic E-state index is 0.562. The molecule has 0 spiro atoms. The summed E-state index contributed by atoms with van der Waals surface area (Å²) in [5.41, 5.74) is 0. The van der Waals surface area contributed by atoms with E-state index in [1.807, 2.05) is 0 Å². The number of carbonyl (C=O) groups excluding carboxylic acids is 4. The van der Waals surface area contributed by atoms with Gasteiger partial charge >= 0.3 is 23.9 Å². The third-order valence-electron chi connectivity index (χ3n) is 0.575. The molecule has 0 fully saturated rings. The van der Waals surface area contributed by atoms with Gasteiger partial charge in [-0.05, 0) is 0 Å². The number of hydrogen-bond donors (Lipinski definition) is 0. The second kappa shape index (κ2) is 7.90. The molecular formula is C8H12O6. The first-order chi connectivity index (χ1) is 6.25. The van der Waals surface area contributed by atoms with Crippen molar-refractivity contribution in [1.82, 2.24) is 0 Å². The lowest BCUT2D eigenvalue weighted by Gasteiger charge is -1.87. The molecule has 0 aliphatic rings. The molecular weight excluding hydrogens is 192 g/mol. The minimum Gasteiger partial charge on any atom is -0.394 e. The lowest BCUT2D eigenvalue weighted by Crippen LogP contribution is -2.03. The number of carbonyl (C=O) groups is 4. The Morgan fingerprint density at radius 2 is 0.714 bits per heavy atom. The van der Waals surface area contributed by atoms with E-state index in [4.69, 9.17) is 0 Å². The predicted molar refractivity (Wildman–Crippen MR) is 44.9 cm³/mol. The maximum absolute atomic E-state index is 9.81. The molecule has 0 aromatic heterocycles. The van der Waals surface area contributed by atoms with Gasteiger partial charge in [-0.3, -0.25) is 19.2 Å². The average molecular weight is 204 g/mol. The highest BCUT2D eigenvalue weighted by molar-refractivity contribution is 5.82. The van der Waals surface area contributed by atoms with E-state index in [0.29, 0.717) is 0 Å². The second-order valence-electron chi connectivity index (χ2n) is 2.17. The summed E-state index contributed by atoms with van der Waals surface area (Å²) < 4.78 is 7.94. The SMILES string of the molecule is CC(=O)OC(C)=O.CC(=O)OC(C)=O. The van der Waals surface area contributed by atoms with E-state index in [2.05, 4.69) is 9.47 Å². The summed E-state index contributed by atoms with van der Waals surface area (Å²) in [5, 5.41) is 0. The molecule has 14 heavy (non-hydrogen) atoms. The summed E-state index contributed by atoms with van der Waals surface area (Å²) in [6, 6.07) is 0. The summed E-state index contributed by atoms with van der Waals surface area (Å²) >= 11 is 0. The number of esters is 4. The van der Waals surface area contributed by atoms with E-state index < -0.39 is 23.9 Å². The first-order valence-corrected chi connectivity index (χ1v) is 3.63. The number of ether oxygens (including phenoxy) is 2. The molecule has 0 radical (unpaired) electrons. The van der Waals surface area contributed by atoms with Crippen LogP contribution in [0.1, 0.15) is 27.7 Å². The summed E-state index contributed by atoms with van der Waals surface area (Å²) in [5.74, 6) is -2.25. The fourth-order valence-electron chi connectivity index (χ4n) is 0.405. The van der Waals surface area contributed by atoms with E-state index in [0.717, 1.165) is 0 Å². The first-order valence-electron chi connectivity index (χ1n) is 3.63. The van der Waals surface area contributed by atoms with Crippen molar-refractivity contribution in [1.29, 1.82) is 0 Å². The Bertz CT molecular complexity index is 192. The second-order valence-corrected chi connectivity index (χ2v) is 2.17. The molecule has 0 aliphatic carbocycles. The van der Waals surface area contributed by atoms with E-state index in [-0.39, 0.29) is 0 Å². The molecule has 0 aliphatic heterocycles. The first kappa shape index (κ1) is 14.8. The molecule has 0 saturated heterocycles. The van der Waals surface area contributed by atoms with Crippen molar-refractivity contribution in [2.45, 2.75) is 27.7 Å². The molecule has 0 unspecified atom stereocenters. The molecule has 0 heterocycles. The van der Waals surface area contributed by atoms with Crippen molar-refractivity contribution in [3.63, 3.8) is 0 Å². The maximum atomic E-state index is 9.81. The molecule has 6 heteroatoms. The van der Waals surface area contributed by atoms with Crippen molar-refractivity contribution < 1.29 is 28.7 Å². The Hall–Kier alpha value is -1.72. The topological polar surface area (TPSA) is 86.7 Å². The zero-order chi connectivity index (χ0) is 11.7. The molecule has 0 aromatic carbocycles.